The number of nitrogens with one attached hydrogen (secondary N) is 2. The number of rotatable bonds is 30. The highest BCUT2D eigenvalue weighted by molar-refractivity contribution is 7.94. The van der Waals surface area contributed by atoms with Crippen molar-refractivity contribution in [3.63, 3.8) is 0 Å². The molecule has 0 bridgehead atoms. The predicted octanol–water partition coefficient (Wildman–Crippen LogP) is 1.52. The zero-order valence-corrected chi connectivity index (χ0v) is 48.0. The van der Waals surface area contributed by atoms with Crippen molar-refractivity contribution < 1.29 is 92.8 Å². The van der Waals surface area contributed by atoms with Crippen LogP contribution in [-0.4, -0.2) is 186 Å². The first-order chi connectivity index (χ1) is 38.9. The van der Waals surface area contributed by atoms with E-state index in [-0.39, 0.29) is 17.5 Å². The molecule has 2 heterocycles. The van der Waals surface area contributed by atoms with Crippen LogP contribution in [-0.2, 0) is 30.3 Å². The van der Waals surface area contributed by atoms with Gasteiger partial charge in [0, 0.05) is 89.5 Å². The van der Waals surface area contributed by atoms with Crippen molar-refractivity contribution in [3.8, 4) is 0 Å². The van der Waals surface area contributed by atoms with Crippen molar-refractivity contribution in [2.24, 2.45) is 0 Å². The van der Waals surface area contributed by atoms with E-state index in [1.807, 2.05) is 38.1 Å². The summed E-state index contributed by atoms with van der Waals surface area (Å²) < 4.78 is 39.6. The highest BCUT2D eigenvalue weighted by atomic mass is 32.2. The zero-order valence-electron chi connectivity index (χ0n) is 46.4. The van der Waals surface area contributed by atoms with Crippen molar-refractivity contribution in [1.82, 2.24) is 10.6 Å². The first-order valence-electron chi connectivity index (χ1n) is 27.2. The monoisotopic (exact) mass is 1180 g/mol. The van der Waals surface area contributed by atoms with Crippen molar-refractivity contribution in [2.75, 3.05) is 55.8 Å². The average Bonchev–Trinajstić information content (AvgIpc) is 2.20. The Morgan fingerprint density at radius 3 is 1.90 bits per heavy atom. The third kappa shape index (κ3) is 16.1. The minimum Gasteiger partial charge on any atom is -0.691 e. The number of allylic oxidation sites excluding steroid dienone is 8. The fourth-order valence-electron chi connectivity index (χ4n) is 10.7. The van der Waals surface area contributed by atoms with E-state index in [0.29, 0.717) is 38.1 Å². The number of fused-ring (bicyclic) bond motifs is 2. The maximum atomic E-state index is 13.6. The lowest BCUT2D eigenvalue weighted by Gasteiger charge is -2.28. The molecule has 3 aliphatic rings. The van der Waals surface area contributed by atoms with Crippen LogP contribution >= 0.6 is 12.0 Å². The van der Waals surface area contributed by atoms with Gasteiger partial charge in [-0.15, -0.1) is 0 Å². The Morgan fingerprint density at radius 2 is 1.32 bits per heavy atom. The van der Waals surface area contributed by atoms with E-state index in [1.54, 1.807) is 30.3 Å². The molecule has 0 radical (unpaired) electrons. The molecule has 0 saturated carbocycles. The number of benzene rings is 3. The molecule has 1 aliphatic carbocycles. The summed E-state index contributed by atoms with van der Waals surface area (Å²) in [6.07, 6.45) is -1.61. The lowest BCUT2D eigenvalue weighted by atomic mass is 9.79. The number of hydrogen-bond donors (Lipinski definition) is 13. The van der Waals surface area contributed by atoms with Gasteiger partial charge in [0.05, 0.1) is 36.6 Å². The third-order valence-electron chi connectivity index (χ3n) is 15.4. The molecule has 8 atom stereocenters. The summed E-state index contributed by atoms with van der Waals surface area (Å²) in [7, 11) is -4.22. The molecular formula is C58H78N4O18S2. The Hall–Kier alpha value is -5.23. The Balaban J connectivity index is 1.36. The van der Waals surface area contributed by atoms with Gasteiger partial charge in [-0.3, -0.25) is 19.2 Å². The minimum absolute atomic E-state index is 0.180. The first kappa shape index (κ1) is 65.9. The largest absolute Gasteiger partial charge is 0.691 e. The van der Waals surface area contributed by atoms with Gasteiger partial charge >= 0.3 is 0 Å². The second kappa shape index (κ2) is 29.5. The van der Waals surface area contributed by atoms with E-state index in [4.69, 9.17) is 5.11 Å². The Labute approximate surface area is 481 Å². The van der Waals surface area contributed by atoms with Crippen LogP contribution in [0.4, 0.5) is 11.4 Å². The minimum atomic E-state index is -4.22. The average molecular weight is 1180 g/mol. The molecule has 0 aromatic heterocycles. The van der Waals surface area contributed by atoms with E-state index in [0.717, 1.165) is 87.5 Å². The van der Waals surface area contributed by atoms with Gasteiger partial charge in [-0.05, 0) is 117 Å². The normalized spacial score (nSPS) is 19.9. The molecule has 450 valence electrons. The molecular weight excluding hydrogens is 1100 g/mol. The fourth-order valence-corrected chi connectivity index (χ4v) is 11.7. The molecule has 82 heavy (non-hydrogen) atoms. The van der Waals surface area contributed by atoms with Crippen LogP contribution in [0, 0.1) is 0 Å². The molecule has 6 rings (SSSR count). The molecule has 2 amide bonds. The van der Waals surface area contributed by atoms with E-state index in [9.17, 15) is 73.8 Å². The number of unbranched alkanes of at least 4 members (excludes halogenated alkanes) is 2. The van der Waals surface area contributed by atoms with Crippen LogP contribution < -0.4 is 20.8 Å². The molecule has 0 fully saturated rings. The van der Waals surface area contributed by atoms with Gasteiger partial charge in [0.2, 0.25) is 5.69 Å². The van der Waals surface area contributed by atoms with Gasteiger partial charge in [0.25, 0.3) is 21.9 Å². The summed E-state index contributed by atoms with van der Waals surface area (Å²) in [5.74, 6) is -1.08. The molecule has 3 aromatic rings. The van der Waals surface area contributed by atoms with Crippen molar-refractivity contribution >= 4 is 56.6 Å². The van der Waals surface area contributed by atoms with Gasteiger partial charge in [0.15, 0.2) is 5.71 Å². The molecule has 0 spiro atoms. The van der Waals surface area contributed by atoms with Crippen molar-refractivity contribution in [3.05, 3.63) is 136 Å². The summed E-state index contributed by atoms with van der Waals surface area (Å²) in [5.41, 5.74) is 8.25. The third-order valence-corrected chi connectivity index (χ3v) is 16.8. The number of anilines is 1. The Morgan fingerprint density at radius 1 is 0.732 bits per heavy atom. The number of aliphatic hydroxyl groups excluding tert-OH is 10. The van der Waals surface area contributed by atoms with Crippen LogP contribution in [0.25, 0.3) is 5.57 Å². The molecule has 13 N–H and O–H groups in total. The summed E-state index contributed by atoms with van der Waals surface area (Å²) >= 11 is 0.906. The number of aliphatic hydroxyl groups is 10. The smallest absolute Gasteiger partial charge is 0.264 e. The van der Waals surface area contributed by atoms with Crippen LogP contribution in [0.1, 0.15) is 110 Å². The van der Waals surface area contributed by atoms with Gasteiger partial charge in [-0.2, -0.15) is 17.3 Å². The Bertz CT molecular complexity index is 2970. The van der Waals surface area contributed by atoms with E-state index >= 15 is 0 Å². The van der Waals surface area contributed by atoms with E-state index in [1.165, 1.54) is 0 Å². The lowest BCUT2D eigenvalue weighted by molar-refractivity contribution is -0.777. The molecule has 24 heteroatoms. The van der Waals surface area contributed by atoms with Gasteiger partial charge in [0.1, 0.15) is 43.2 Å². The number of carbonyl (C=O) groups excluding carboxylic acids is 2. The van der Waals surface area contributed by atoms with Gasteiger partial charge in [-0.25, -0.2) is 0 Å². The van der Waals surface area contributed by atoms with Crippen LogP contribution in [0.5, 0.6) is 0 Å². The SMILES string of the molecule is CC1(C)C(/C=C/C2=C(c3ccccc3)C(=C/C=C3/N(CCCCSOO[O-])c4ccc(C(=O)NCC(O)C(O)C(O)C(O)CO)cc4C3(C)C)/CCC2)=[N+](CCCCS(=O)(=O)O)c2ccc(C(=O)NCC(O)C(O)C(O)C(O)CO)cc21. The molecule has 8 unspecified atom stereocenters. The highest BCUT2D eigenvalue weighted by Crippen LogP contribution is 2.49. The van der Waals surface area contributed by atoms with Crippen molar-refractivity contribution in [2.45, 2.75) is 132 Å². The number of carbonyl (C=O) groups is 2. The molecule has 3 aromatic carbocycles. The number of nitrogens with zero attached hydrogens (tertiary/aromatic N) is 2. The van der Waals surface area contributed by atoms with Gasteiger partial charge < -0.3 is 71.9 Å². The maximum absolute atomic E-state index is 13.6. The second-order valence-corrected chi connectivity index (χ2v) is 24.1. The lowest BCUT2D eigenvalue weighted by Crippen LogP contribution is -2.49. The maximum Gasteiger partial charge on any atom is 0.264 e. The van der Waals surface area contributed by atoms with Crippen LogP contribution in [0.15, 0.2) is 108 Å². The number of amides is 2. The fraction of sp³-hybridized carbons (Fsp3) is 0.500. The zero-order chi connectivity index (χ0) is 60.1. The highest BCUT2D eigenvalue weighted by Gasteiger charge is 2.45. The van der Waals surface area contributed by atoms with Gasteiger partial charge in [-0.1, -0.05) is 56.3 Å². The summed E-state index contributed by atoms with van der Waals surface area (Å²) in [5, 5.41) is 119. The summed E-state index contributed by atoms with van der Waals surface area (Å²) in [4.78, 5) is 29.4. The van der Waals surface area contributed by atoms with Crippen LogP contribution in [0.3, 0.4) is 0 Å². The first-order valence-corrected chi connectivity index (χ1v) is 29.8. The van der Waals surface area contributed by atoms with E-state index < -0.39 is 114 Å². The quantitative estimate of drug-likeness (QED) is 0.0112. The van der Waals surface area contributed by atoms with E-state index in [2.05, 4.69) is 79.8 Å². The predicted molar refractivity (Wildman–Crippen MR) is 305 cm³/mol. The van der Waals surface area contributed by atoms with Crippen LogP contribution in [0.2, 0.25) is 0 Å². The molecule has 22 nitrogen and oxygen atoms in total. The standard InChI is InChI=1S/C58H78N4O18S2/c1-57(2)40-29-38(55(73)59-31-44(65)51(69)53(71)46(67)33-63)17-21-42(40)61(25-8-10-27-81-80-79-75)48(57)23-19-36-15-12-16-37(50(36)35-13-6-5-7-14-35)20-24-49-58(3,4)41-30-39(18-22-43(41)62(49)26-9-11-28-82(76,77)78)56(74)60-32-45(66)52(70)54(72)47(68)34-64/h5-7,13-14,17-24,29-30,44-47,51-54,63-72H,8-12,15-16,25-28,31-34H2,1-4H3,(H3-,59,60,73,74,75,76,77,78). The topological polar surface area (TPSA) is 363 Å². The molecule has 0 saturated heterocycles. The van der Waals surface area contributed by atoms with Crippen molar-refractivity contribution in [1.29, 1.82) is 0 Å². The second-order valence-electron chi connectivity index (χ2n) is 21.8. The number of hydrogen-bond acceptors (Lipinski definition) is 19. The summed E-state index contributed by atoms with van der Waals surface area (Å²) in [6.45, 7) is 6.41. The molecule has 2 aliphatic heterocycles. The summed E-state index contributed by atoms with van der Waals surface area (Å²) in [6, 6.07) is 20.4. The Kier molecular flexibility index (Phi) is 23.7.